The molecular formula is C20H31N3O5S2. The normalized spacial score (nSPS) is 16.0. The number of phenols is 3. The lowest BCUT2D eigenvalue weighted by atomic mass is 10.1. The van der Waals surface area contributed by atoms with Gasteiger partial charge in [0.1, 0.15) is 0 Å². The molecule has 10 heteroatoms. The van der Waals surface area contributed by atoms with Crippen LogP contribution in [-0.2, 0) is 4.79 Å². The quantitative estimate of drug-likeness (QED) is 0.184. The lowest BCUT2D eigenvalue weighted by Crippen LogP contribution is -2.37. The van der Waals surface area contributed by atoms with Crippen LogP contribution in [0.15, 0.2) is 12.1 Å². The third-order valence-electron chi connectivity index (χ3n) is 4.83. The first-order valence-corrected chi connectivity index (χ1v) is 12.5. The molecular weight excluding hydrogens is 426 g/mol. The van der Waals surface area contributed by atoms with Gasteiger partial charge in [-0.15, -0.1) is 0 Å². The molecule has 2 rings (SSSR count). The molecule has 0 unspecified atom stereocenters. The summed E-state index contributed by atoms with van der Waals surface area (Å²) < 4.78 is 0. The van der Waals surface area contributed by atoms with Gasteiger partial charge in [-0.25, -0.2) is 0 Å². The summed E-state index contributed by atoms with van der Waals surface area (Å²) in [6, 6.07) is 2.18. The van der Waals surface area contributed by atoms with Crippen molar-refractivity contribution >= 4 is 33.4 Å². The Morgan fingerprint density at radius 3 is 2.40 bits per heavy atom. The topological polar surface area (TPSA) is 122 Å². The third-order valence-corrected chi connectivity index (χ3v) is 7.84. The fraction of sp³-hybridized carbons (Fsp3) is 0.600. The maximum atomic E-state index is 12.1. The van der Waals surface area contributed by atoms with E-state index in [1.165, 1.54) is 18.6 Å². The van der Waals surface area contributed by atoms with Crippen molar-refractivity contribution in [1.82, 2.24) is 15.5 Å². The summed E-state index contributed by atoms with van der Waals surface area (Å²) in [5.74, 6) is -0.889. The molecule has 0 bridgehead atoms. The molecule has 2 amide bonds. The van der Waals surface area contributed by atoms with Gasteiger partial charge in [0.25, 0.3) is 5.91 Å². The van der Waals surface area contributed by atoms with E-state index >= 15 is 0 Å². The zero-order valence-corrected chi connectivity index (χ0v) is 18.9. The zero-order chi connectivity index (χ0) is 21.9. The number of hydrogen-bond donors (Lipinski definition) is 5. The first kappa shape index (κ1) is 24.5. The van der Waals surface area contributed by atoms with Gasteiger partial charge >= 0.3 is 0 Å². The van der Waals surface area contributed by atoms with E-state index in [9.17, 15) is 24.9 Å². The molecule has 1 aromatic rings. The summed E-state index contributed by atoms with van der Waals surface area (Å²) >= 11 is 0. The predicted molar refractivity (Wildman–Crippen MR) is 121 cm³/mol. The Hall–Kier alpha value is -1.78. The molecule has 1 aliphatic rings. The molecule has 1 atom stereocenters. The van der Waals surface area contributed by atoms with E-state index in [0.29, 0.717) is 32.6 Å². The van der Waals surface area contributed by atoms with E-state index in [1.54, 1.807) is 0 Å². The minimum Gasteiger partial charge on any atom is -0.504 e. The average Bonchev–Trinajstić information content (AvgIpc) is 3.22. The average molecular weight is 458 g/mol. The monoisotopic (exact) mass is 457 g/mol. The molecule has 1 saturated heterocycles. The number of aromatic hydroxyl groups is 3. The van der Waals surface area contributed by atoms with Gasteiger partial charge < -0.3 is 30.9 Å². The Morgan fingerprint density at radius 1 is 1.10 bits per heavy atom. The number of rotatable bonds is 12. The number of benzene rings is 1. The highest BCUT2D eigenvalue weighted by Crippen LogP contribution is 2.39. The third kappa shape index (κ3) is 8.53. The summed E-state index contributed by atoms with van der Waals surface area (Å²) in [5, 5.41) is 34.6. The van der Waals surface area contributed by atoms with Gasteiger partial charge in [0.15, 0.2) is 17.2 Å². The molecule has 8 nitrogen and oxygen atoms in total. The van der Waals surface area contributed by atoms with Crippen LogP contribution in [0.25, 0.3) is 0 Å². The van der Waals surface area contributed by atoms with Gasteiger partial charge in [0, 0.05) is 49.2 Å². The van der Waals surface area contributed by atoms with E-state index in [4.69, 9.17) is 0 Å². The van der Waals surface area contributed by atoms with Crippen molar-refractivity contribution in [2.24, 2.45) is 0 Å². The maximum absolute atomic E-state index is 12.1. The van der Waals surface area contributed by atoms with Gasteiger partial charge in [-0.1, -0.05) is 28.0 Å². The number of likely N-dealkylation sites (N-methyl/N-ethyl adjacent to an activating group) is 1. The van der Waals surface area contributed by atoms with Crippen molar-refractivity contribution in [2.45, 2.75) is 37.4 Å². The van der Waals surface area contributed by atoms with Gasteiger partial charge in [-0.2, -0.15) is 0 Å². The van der Waals surface area contributed by atoms with Crippen LogP contribution < -0.4 is 10.6 Å². The largest absolute Gasteiger partial charge is 0.504 e. The van der Waals surface area contributed by atoms with Gasteiger partial charge in [0.05, 0.1) is 0 Å². The molecule has 1 fully saturated rings. The van der Waals surface area contributed by atoms with Gasteiger partial charge in [-0.3, -0.25) is 9.59 Å². The number of nitrogens with one attached hydrogen (secondary N) is 2. The first-order chi connectivity index (χ1) is 14.4. The fourth-order valence-electron chi connectivity index (χ4n) is 3.01. The molecule has 5 N–H and O–H groups in total. The summed E-state index contributed by atoms with van der Waals surface area (Å²) in [5.41, 5.74) is 0.0583. The van der Waals surface area contributed by atoms with Crippen molar-refractivity contribution in [3.05, 3.63) is 17.7 Å². The maximum Gasteiger partial charge on any atom is 0.251 e. The number of nitrogens with zero attached hydrogens (tertiary/aromatic N) is 1. The van der Waals surface area contributed by atoms with Crippen LogP contribution >= 0.6 is 21.6 Å². The smallest absolute Gasteiger partial charge is 0.251 e. The molecule has 0 aliphatic carbocycles. The van der Waals surface area contributed by atoms with Crippen molar-refractivity contribution < 1.29 is 24.9 Å². The Morgan fingerprint density at radius 2 is 1.77 bits per heavy atom. The highest BCUT2D eigenvalue weighted by atomic mass is 33.1. The summed E-state index contributed by atoms with van der Waals surface area (Å²) in [7, 11) is 5.82. The van der Waals surface area contributed by atoms with Crippen molar-refractivity contribution in [2.75, 3.05) is 39.0 Å². The highest BCUT2D eigenvalue weighted by Gasteiger charge is 2.16. The van der Waals surface area contributed by atoms with Crippen LogP contribution in [-0.4, -0.2) is 76.3 Å². The van der Waals surface area contributed by atoms with Gasteiger partial charge in [-0.05, 0) is 38.4 Å². The van der Waals surface area contributed by atoms with Crippen LogP contribution in [0.5, 0.6) is 17.2 Å². The van der Waals surface area contributed by atoms with E-state index in [2.05, 4.69) is 10.6 Å². The fourth-order valence-corrected chi connectivity index (χ4v) is 6.03. The lowest BCUT2D eigenvalue weighted by Gasteiger charge is -2.17. The number of amides is 2. The second kappa shape index (κ2) is 12.8. The summed E-state index contributed by atoms with van der Waals surface area (Å²) in [6.45, 7) is 2.16. The van der Waals surface area contributed by atoms with E-state index in [-0.39, 0.29) is 11.5 Å². The molecule has 0 spiro atoms. The molecule has 0 aromatic heterocycles. The van der Waals surface area contributed by atoms with Crippen LogP contribution in [0, 0.1) is 0 Å². The summed E-state index contributed by atoms with van der Waals surface area (Å²) in [6.07, 6.45) is 5.08. The Bertz CT molecular complexity index is 691. The van der Waals surface area contributed by atoms with E-state index in [0.717, 1.165) is 30.2 Å². The van der Waals surface area contributed by atoms with E-state index in [1.807, 2.05) is 33.5 Å². The summed E-state index contributed by atoms with van der Waals surface area (Å²) in [4.78, 5) is 26.0. The van der Waals surface area contributed by atoms with Crippen molar-refractivity contribution in [1.29, 1.82) is 0 Å². The second-order valence-corrected chi connectivity index (χ2v) is 10.1. The number of carbonyl (C=O) groups is 2. The molecule has 1 aliphatic heterocycles. The van der Waals surface area contributed by atoms with Crippen LogP contribution in [0.3, 0.4) is 0 Å². The first-order valence-electron chi connectivity index (χ1n) is 10.1. The Labute approximate surface area is 185 Å². The predicted octanol–water partition coefficient (Wildman–Crippen LogP) is 2.30. The van der Waals surface area contributed by atoms with Crippen LogP contribution in [0.4, 0.5) is 0 Å². The second-order valence-electron chi connectivity index (χ2n) is 7.35. The van der Waals surface area contributed by atoms with Gasteiger partial charge in [0.2, 0.25) is 5.91 Å². The minimum atomic E-state index is -0.653. The standard InChI is InChI=1S/C20H31N3O5S2/c1-23(9-7-21-18(26)5-3-2-4-15-6-11-29-30-15)10-8-22-20(28)14-12-16(24)19(27)17(25)13-14/h12-13,15,24-25,27H,2-11H2,1H3,(H,21,26)(H,22,28)/t15-/m1/s1. The molecule has 1 heterocycles. The molecule has 168 valence electrons. The Balaban J connectivity index is 1.52. The molecule has 0 radical (unpaired) electrons. The molecule has 0 saturated carbocycles. The van der Waals surface area contributed by atoms with Crippen LogP contribution in [0.1, 0.15) is 42.5 Å². The van der Waals surface area contributed by atoms with Crippen LogP contribution in [0.2, 0.25) is 0 Å². The molecule has 30 heavy (non-hydrogen) atoms. The molecule has 1 aromatic carbocycles. The minimum absolute atomic E-state index is 0.0583. The zero-order valence-electron chi connectivity index (χ0n) is 17.2. The lowest BCUT2D eigenvalue weighted by molar-refractivity contribution is -0.121. The van der Waals surface area contributed by atoms with E-state index < -0.39 is 23.2 Å². The van der Waals surface area contributed by atoms with Crippen molar-refractivity contribution in [3.63, 3.8) is 0 Å². The number of phenolic OH excluding ortho intramolecular Hbond substituents is 3. The highest BCUT2D eigenvalue weighted by molar-refractivity contribution is 8.77. The Kier molecular flexibility index (Phi) is 10.5. The number of unbranched alkanes of at least 4 members (excludes halogenated alkanes) is 1. The number of hydrogen-bond acceptors (Lipinski definition) is 8. The SMILES string of the molecule is CN(CCNC(=O)CCCC[C@@H]1CCSS1)CCNC(=O)c1cc(O)c(O)c(O)c1. The van der Waals surface area contributed by atoms with Crippen molar-refractivity contribution in [3.8, 4) is 17.2 Å². The number of carbonyl (C=O) groups excluding carboxylic acids is 2.